The minimum Gasteiger partial charge on any atom is -0.485 e. The maximum absolute atomic E-state index is 13.3. The maximum Gasteiger partial charge on any atom is 0.311 e. The molecule has 0 bridgehead atoms. The lowest BCUT2D eigenvalue weighted by molar-refractivity contribution is -0.136. The number of carbonyl (C=O) groups is 2. The number of halogens is 3. The van der Waals surface area contributed by atoms with Crippen LogP contribution in [0, 0.1) is 12.7 Å². The quantitative estimate of drug-likeness (QED) is 0.794. The summed E-state index contributed by atoms with van der Waals surface area (Å²) in [7, 11) is 0. The molecule has 2 rings (SSSR count). The lowest BCUT2D eigenvalue weighted by Gasteiger charge is -2.13. The Labute approximate surface area is 140 Å². The number of aliphatic carboxylic acids is 1. The molecule has 0 saturated heterocycles. The summed E-state index contributed by atoms with van der Waals surface area (Å²) >= 11 is 0. The summed E-state index contributed by atoms with van der Waals surface area (Å²) < 4.78 is 47.7. The van der Waals surface area contributed by atoms with Crippen LogP contribution in [0.15, 0.2) is 28.9 Å². The Morgan fingerprint density at radius 1 is 1.36 bits per heavy atom. The highest BCUT2D eigenvalue weighted by molar-refractivity contribution is 6.07. The summed E-state index contributed by atoms with van der Waals surface area (Å²) in [4.78, 5) is 23.2. The number of ether oxygens (including phenoxy) is 1. The lowest BCUT2D eigenvalue weighted by Crippen LogP contribution is -2.17. The second-order valence-electron chi connectivity index (χ2n) is 5.08. The van der Waals surface area contributed by atoms with Crippen molar-refractivity contribution in [2.75, 3.05) is 11.9 Å². The summed E-state index contributed by atoms with van der Waals surface area (Å²) in [5.41, 5.74) is 0.367. The van der Waals surface area contributed by atoms with E-state index in [-0.39, 0.29) is 22.8 Å². The number of carboxylic acid groups (broad SMARTS) is 1. The van der Waals surface area contributed by atoms with Gasteiger partial charge in [0.2, 0.25) is 0 Å². The van der Waals surface area contributed by atoms with Crippen molar-refractivity contribution in [3.8, 4) is 5.75 Å². The maximum atomic E-state index is 13.3. The molecule has 0 saturated carbocycles. The molecule has 9 heteroatoms. The van der Waals surface area contributed by atoms with Crippen LogP contribution in [0.1, 0.15) is 21.7 Å². The fourth-order valence-electron chi connectivity index (χ4n) is 2.13. The van der Waals surface area contributed by atoms with Crippen LogP contribution < -0.4 is 10.1 Å². The van der Waals surface area contributed by atoms with Gasteiger partial charge < -0.3 is 19.6 Å². The van der Waals surface area contributed by atoms with Crippen molar-refractivity contribution < 1.29 is 37.0 Å². The average molecular weight is 357 g/mol. The number of hydrogen-bond acceptors (Lipinski definition) is 4. The van der Waals surface area contributed by atoms with E-state index in [0.717, 1.165) is 18.2 Å². The van der Waals surface area contributed by atoms with E-state index in [1.54, 1.807) is 6.92 Å². The second-order valence-corrected chi connectivity index (χ2v) is 5.08. The van der Waals surface area contributed by atoms with Crippen LogP contribution in [0.5, 0.6) is 5.75 Å². The normalized spacial score (nSPS) is 10.8. The van der Waals surface area contributed by atoms with Crippen molar-refractivity contribution >= 4 is 17.6 Å². The van der Waals surface area contributed by atoms with Crippen LogP contribution in [-0.2, 0) is 11.2 Å². The molecule has 134 valence electrons. The number of carboxylic acids is 1. The second kappa shape index (κ2) is 7.73. The molecule has 0 atom stereocenters. The van der Waals surface area contributed by atoms with E-state index in [1.165, 1.54) is 6.26 Å². The summed E-state index contributed by atoms with van der Waals surface area (Å²) in [5.74, 6) is -2.97. The van der Waals surface area contributed by atoms with Crippen molar-refractivity contribution in [1.82, 2.24) is 0 Å². The summed E-state index contributed by atoms with van der Waals surface area (Å²) in [6, 6.07) is 3.03. The molecule has 0 spiro atoms. The van der Waals surface area contributed by atoms with Crippen molar-refractivity contribution in [3.05, 3.63) is 47.2 Å². The number of hydrogen-bond donors (Lipinski definition) is 2. The van der Waals surface area contributed by atoms with E-state index in [4.69, 9.17) is 14.3 Å². The van der Waals surface area contributed by atoms with Gasteiger partial charge in [-0.3, -0.25) is 9.59 Å². The van der Waals surface area contributed by atoms with Crippen LogP contribution in [0.2, 0.25) is 0 Å². The number of alkyl halides is 2. The van der Waals surface area contributed by atoms with E-state index in [2.05, 4.69) is 5.32 Å². The van der Waals surface area contributed by atoms with Crippen molar-refractivity contribution in [1.29, 1.82) is 0 Å². The molecule has 1 amide bonds. The monoisotopic (exact) mass is 357 g/mol. The van der Waals surface area contributed by atoms with Gasteiger partial charge in [0.05, 0.1) is 17.5 Å². The van der Waals surface area contributed by atoms with Gasteiger partial charge in [-0.15, -0.1) is 0 Å². The zero-order valence-corrected chi connectivity index (χ0v) is 13.0. The first-order valence-electron chi connectivity index (χ1n) is 7.08. The van der Waals surface area contributed by atoms with E-state index in [9.17, 15) is 22.8 Å². The largest absolute Gasteiger partial charge is 0.485 e. The van der Waals surface area contributed by atoms with Crippen LogP contribution >= 0.6 is 0 Å². The molecule has 2 N–H and O–H groups in total. The van der Waals surface area contributed by atoms with E-state index >= 15 is 0 Å². The van der Waals surface area contributed by atoms with Crippen molar-refractivity contribution in [2.45, 2.75) is 19.8 Å². The Morgan fingerprint density at radius 3 is 2.72 bits per heavy atom. The minimum absolute atomic E-state index is 0.00605. The van der Waals surface area contributed by atoms with Gasteiger partial charge in [0.1, 0.15) is 30.4 Å². The van der Waals surface area contributed by atoms with Crippen molar-refractivity contribution in [2.24, 2.45) is 0 Å². The number of aryl methyl sites for hydroxylation is 1. The number of furan rings is 1. The molecule has 0 aliphatic rings. The molecule has 1 aromatic heterocycles. The van der Waals surface area contributed by atoms with E-state index in [0.29, 0.717) is 5.56 Å². The van der Waals surface area contributed by atoms with Gasteiger partial charge in [0.25, 0.3) is 12.3 Å². The Hall–Kier alpha value is -2.97. The van der Waals surface area contributed by atoms with Gasteiger partial charge in [-0.05, 0) is 19.1 Å². The van der Waals surface area contributed by atoms with Crippen LogP contribution in [0.25, 0.3) is 0 Å². The first kappa shape index (κ1) is 18.4. The highest BCUT2D eigenvalue weighted by Gasteiger charge is 2.22. The van der Waals surface area contributed by atoms with Gasteiger partial charge >= 0.3 is 5.97 Å². The molecule has 1 heterocycles. The molecule has 2 aromatic rings. The lowest BCUT2D eigenvalue weighted by atomic mass is 10.1. The Bertz CT molecular complexity index is 788. The third-order valence-corrected chi connectivity index (χ3v) is 3.15. The number of benzene rings is 1. The Balaban J connectivity index is 2.26. The Kier molecular flexibility index (Phi) is 5.68. The average Bonchev–Trinajstić information content (AvgIpc) is 2.87. The third kappa shape index (κ3) is 4.75. The van der Waals surface area contributed by atoms with Gasteiger partial charge in [0, 0.05) is 11.6 Å². The third-order valence-electron chi connectivity index (χ3n) is 3.15. The fraction of sp³-hybridized carbons (Fsp3) is 0.250. The topological polar surface area (TPSA) is 88.8 Å². The first-order chi connectivity index (χ1) is 11.8. The molecular formula is C16H14F3NO5. The molecule has 0 unspecified atom stereocenters. The van der Waals surface area contributed by atoms with Gasteiger partial charge in [-0.1, -0.05) is 0 Å². The van der Waals surface area contributed by atoms with Crippen LogP contribution in [0.4, 0.5) is 18.9 Å². The SMILES string of the molecule is Cc1coc(CC(=O)O)c1C(=O)Nc1ccc(F)cc1OCC(F)F. The molecule has 0 fully saturated rings. The molecule has 0 radical (unpaired) electrons. The van der Waals surface area contributed by atoms with E-state index < -0.39 is 37.1 Å². The van der Waals surface area contributed by atoms with E-state index in [1.807, 2.05) is 0 Å². The summed E-state index contributed by atoms with van der Waals surface area (Å²) in [6.07, 6.45) is -2.05. The predicted molar refractivity (Wildman–Crippen MR) is 80.6 cm³/mol. The smallest absolute Gasteiger partial charge is 0.311 e. The van der Waals surface area contributed by atoms with Gasteiger partial charge in [0.15, 0.2) is 0 Å². The number of nitrogens with one attached hydrogen (secondary N) is 1. The zero-order valence-electron chi connectivity index (χ0n) is 13.0. The molecule has 1 aromatic carbocycles. The zero-order chi connectivity index (χ0) is 18.6. The Morgan fingerprint density at radius 2 is 2.08 bits per heavy atom. The number of carbonyl (C=O) groups excluding carboxylic acids is 1. The fourth-order valence-corrected chi connectivity index (χ4v) is 2.13. The highest BCUT2D eigenvalue weighted by Crippen LogP contribution is 2.27. The first-order valence-corrected chi connectivity index (χ1v) is 7.08. The van der Waals surface area contributed by atoms with Crippen LogP contribution in [-0.4, -0.2) is 30.0 Å². The predicted octanol–water partition coefficient (Wildman–Crippen LogP) is 3.25. The van der Waals surface area contributed by atoms with Gasteiger partial charge in [-0.2, -0.15) is 0 Å². The molecular weight excluding hydrogens is 343 g/mol. The van der Waals surface area contributed by atoms with Crippen LogP contribution in [0.3, 0.4) is 0 Å². The van der Waals surface area contributed by atoms with Gasteiger partial charge in [-0.25, -0.2) is 13.2 Å². The molecule has 0 aliphatic carbocycles. The summed E-state index contributed by atoms with van der Waals surface area (Å²) in [6.45, 7) is 0.573. The minimum atomic E-state index is -2.77. The number of amides is 1. The summed E-state index contributed by atoms with van der Waals surface area (Å²) in [5, 5.41) is 11.2. The number of rotatable bonds is 7. The standard InChI is InChI=1S/C16H14F3NO5/c1-8-6-24-12(5-14(21)22)15(8)16(23)20-10-3-2-9(17)4-11(10)25-7-13(18)19/h2-4,6,13H,5,7H2,1H3,(H,20,23)(H,21,22). The molecule has 6 nitrogen and oxygen atoms in total. The molecule has 0 aliphatic heterocycles. The molecule has 25 heavy (non-hydrogen) atoms. The highest BCUT2D eigenvalue weighted by atomic mass is 19.3. The number of anilines is 1. The van der Waals surface area contributed by atoms with Crippen molar-refractivity contribution in [3.63, 3.8) is 0 Å².